The van der Waals surface area contributed by atoms with Crippen molar-refractivity contribution >= 4 is 12.1 Å². The molecule has 0 spiro atoms. The smallest absolute Gasteiger partial charge is 0.244 e. The van der Waals surface area contributed by atoms with Crippen LogP contribution in [0.2, 0.25) is 0 Å². The van der Waals surface area contributed by atoms with Gasteiger partial charge in [-0.3, -0.25) is 4.79 Å². The highest BCUT2D eigenvalue weighted by molar-refractivity contribution is 5.87. The molecule has 0 radical (unpaired) electrons. The fraction of sp³-hybridized carbons (Fsp3) is 0.150. The topological polar surface area (TPSA) is 70.1 Å². The third-order valence-electron chi connectivity index (χ3n) is 4.74. The Morgan fingerprint density at radius 2 is 1.76 bits per heavy atom. The molecule has 0 saturated heterocycles. The summed E-state index contributed by atoms with van der Waals surface area (Å²) in [7, 11) is 0. The number of hydrogen-bond donors (Lipinski definition) is 2. The van der Waals surface area contributed by atoms with Gasteiger partial charge in [-0.25, -0.2) is 10.4 Å². The van der Waals surface area contributed by atoms with Gasteiger partial charge in [0.2, 0.25) is 5.91 Å². The summed E-state index contributed by atoms with van der Waals surface area (Å²) in [6.07, 6.45) is 5.63. The number of aromatic amines is 1. The molecule has 0 bridgehead atoms. The van der Waals surface area contributed by atoms with Gasteiger partial charge in [0.15, 0.2) is 0 Å². The van der Waals surface area contributed by atoms with Crippen molar-refractivity contribution < 1.29 is 4.79 Å². The number of rotatable bonds is 5. The van der Waals surface area contributed by atoms with Gasteiger partial charge >= 0.3 is 0 Å². The van der Waals surface area contributed by atoms with Crippen molar-refractivity contribution in [3.05, 3.63) is 90.0 Å². The molecule has 0 aliphatic heterocycles. The van der Waals surface area contributed by atoms with E-state index < -0.39 is 0 Å². The molecular formula is C20H18N4O. The molecule has 1 aliphatic carbocycles. The first kappa shape index (κ1) is 15.3. The van der Waals surface area contributed by atoms with E-state index in [0.29, 0.717) is 5.82 Å². The molecule has 5 nitrogen and oxygen atoms in total. The van der Waals surface area contributed by atoms with Crippen LogP contribution in [-0.2, 0) is 10.2 Å². The van der Waals surface area contributed by atoms with Crippen molar-refractivity contribution in [2.75, 3.05) is 0 Å². The molecule has 2 aromatic carbocycles. The summed E-state index contributed by atoms with van der Waals surface area (Å²) in [5.74, 6) is 0.398. The van der Waals surface area contributed by atoms with Gasteiger partial charge in [-0.2, -0.15) is 5.10 Å². The summed E-state index contributed by atoms with van der Waals surface area (Å²) >= 11 is 0. The Bertz CT molecular complexity index is 833. The highest BCUT2D eigenvalue weighted by Crippen LogP contribution is 2.58. The number of carbonyl (C=O) groups is 1. The minimum absolute atomic E-state index is 0.0736. The third-order valence-corrected chi connectivity index (χ3v) is 4.74. The summed E-state index contributed by atoms with van der Waals surface area (Å²) < 4.78 is 0. The summed E-state index contributed by atoms with van der Waals surface area (Å²) in [6, 6.07) is 20.4. The van der Waals surface area contributed by atoms with Gasteiger partial charge < -0.3 is 4.98 Å². The van der Waals surface area contributed by atoms with E-state index >= 15 is 0 Å². The van der Waals surface area contributed by atoms with Crippen LogP contribution >= 0.6 is 0 Å². The zero-order valence-electron chi connectivity index (χ0n) is 13.6. The summed E-state index contributed by atoms with van der Waals surface area (Å²) in [6.45, 7) is 0. The van der Waals surface area contributed by atoms with Crippen LogP contribution in [0.5, 0.6) is 0 Å². The van der Waals surface area contributed by atoms with Crippen molar-refractivity contribution in [3.8, 4) is 0 Å². The number of carbonyl (C=O) groups excluding carboxylic acids is 1. The minimum atomic E-state index is -0.271. The number of nitrogens with one attached hydrogen (secondary N) is 2. The van der Waals surface area contributed by atoms with E-state index in [9.17, 15) is 4.79 Å². The fourth-order valence-corrected chi connectivity index (χ4v) is 3.44. The summed E-state index contributed by atoms with van der Waals surface area (Å²) in [5.41, 5.74) is 4.70. The molecule has 5 heteroatoms. The zero-order chi connectivity index (χ0) is 17.1. The van der Waals surface area contributed by atoms with Crippen LogP contribution in [-0.4, -0.2) is 22.1 Å². The van der Waals surface area contributed by atoms with Crippen LogP contribution in [0, 0.1) is 5.92 Å². The van der Waals surface area contributed by atoms with Gasteiger partial charge in [-0.15, -0.1) is 0 Å². The predicted molar refractivity (Wildman–Crippen MR) is 96.1 cm³/mol. The molecular weight excluding hydrogens is 312 g/mol. The van der Waals surface area contributed by atoms with E-state index in [-0.39, 0.29) is 17.2 Å². The third kappa shape index (κ3) is 2.85. The second-order valence-corrected chi connectivity index (χ2v) is 6.17. The predicted octanol–water partition coefficient (Wildman–Crippen LogP) is 2.87. The molecule has 1 fully saturated rings. The molecule has 2 N–H and O–H groups in total. The second kappa shape index (κ2) is 6.36. The highest BCUT2D eigenvalue weighted by atomic mass is 16.2. The normalized spacial score (nSPS) is 18.2. The van der Waals surface area contributed by atoms with Gasteiger partial charge in [-0.1, -0.05) is 60.7 Å². The van der Waals surface area contributed by atoms with Crippen molar-refractivity contribution in [2.24, 2.45) is 11.0 Å². The van der Waals surface area contributed by atoms with Crippen molar-refractivity contribution in [1.82, 2.24) is 15.4 Å². The monoisotopic (exact) mass is 330 g/mol. The molecule has 3 aromatic rings. The van der Waals surface area contributed by atoms with Crippen LogP contribution < -0.4 is 5.43 Å². The van der Waals surface area contributed by atoms with Crippen molar-refractivity contribution in [1.29, 1.82) is 0 Å². The maximum Gasteiger partial charge on any atom is 0.244 e. The van der Waals surface area contributed by atoms with Gasteiger partial charge in [0, 0.05) is 17.8 Å². The Kier molecular flexibility index (Phi) is 3.90. The van der Waals surface area contributed by atoms with Crippen LogP contribution in [0.25, 0.3) is 0 Å². The number of imidazole rings is 1. The first-order chi connectivity index (χ1) is 12.3. The van der Waals surface area contributed by atoms with E-state index in [1.807, 2.05) is 36.4 Å². The average Bonchev–Trinajstić information content (AvgIpc) is 3.23. The number of H-pyrrole nitrogens is 1. The van der Waals surface area contributed by atoms with Gasteiger partial charge in [-0.05, 0) is 17.5 Å². The molecule has 1 saturated carbocycles. The van der Waals surface area contributed by atoms with E-state index in [1.165, 1.54) is 6.21 Å². The van der Waals surface area contributed by atoms with Crippen LogP contribution in [0.15, 0.2) is 78.2 Å². The quantitative estimate of drug-likeness (QED) is 0.558. The number of hydrogen-bond acceptors (Lipinski definition) is 3. The second-order valence-electron chi connectivity index (χ2n) is 6.17. The first-order valence-corrected chi connectivity index (χ1v) is 8.24. The van der Waals surface area contributed by atoms with Crippen molar-refractivity contribution in [3.63, 3.8) is 0 Å². The molecule has 1 amide bonds. The molecule has 1 atom stereocenters. The molecule has 1 unspecified atom stereocenters. The van der Waals surface area contributed by atoms with E-state index in [4.69, 9.17) is 0 Å². The maximum atomic E-state index is 12.6. The Labute approximate surface area is 145 Å². The van der Waals surface area contributed by atoms with Crippen LogP contribution in [0.1, 0.15) is 23.4 Å². The van der Waals surface area contributed by atoms with E-state index in [1.54, 1.807) is 12.4 Å². The Hall–Kier alpha value is -3.21. The van der Waals surface area contributed by atoms with E-state index in [0.717, 1.165) is 17.5 Å². The fourth-order valence-electron chi connectivity index (χ4n) is 3.44. The average molecular weight is 330 g/mol. The van der Waals surface area contributed by atoms with Gasteiger partial charge in [0.1, 0.15) is 5.82 Å². The highest BCUT2D eigenvalue weighted by Gasteiger charge is 2.60. The maximum absolute atomic E-state index is 12.6. The minimum Gasteiger partial charge on any atom is -0.344 e. The first-order valence-electron chi connectivity index (χ1n) is 8.24. The van der Waals surface area contributed by atoms with Gasteiger partial charge in [0.05, 0.1) is 12.1 Å². The number of hydrazone groups is 1. The standard InChI is InChI=1S/C20H18N4O/c25-19(24-23-14-18-21-11-12-22-18)17-13-20(17,15-7-3-1-4-8-15)16-9-5-2-6-10-16/h1-12,14,17H,13H2,(H,21,22)(H,24,25)/b23-14+. The van der Waals surface area contributed by atoms with Crippen LogP contribution in [0.3, 0.4) is 0 Å². The zero-order valence-corrected chi connectivity index (χ0v) is 13.6. The van der Waals surface area contributed by atoms with E-state index in [2.05, 4.69) is 44.8 Å². The molecule has 1 aliphatic rings. The number of nitrogens with zero attached hydrogens (tertiary/aromatic N) is 2. The lowest BCUT2D eigenvalue weighted by Crippen LogP contribution is -2.25. The lowest BCUT2D eigenvalue weighted by molar-refractivity contribution is -0.122. The summed E-state index contributed by atoms with van der Waals surface area (Å²) in [4.78, 5) is 19.6. The Morgan fingerprint density at radius 1 is 1.12 bits per heavy atom. The molecule has 124 valence electrons. The molecule has 25 heavy (non-hydrogen) atoms. The van der Waals surface area contributed by atoms with Crippen molar-refractivity contribution in [2.45, 2.75) is 11.8 Å². The largest absolute Gasteiger partial charge is 0.344 e. The molecule has 1 aromatic heterocycles. The Balaban J connectivity index is 1.57. The Morgan fingerprint density at radius 3 is 2.32 bits per heavy atom. The number of aromatic nitrogens is 2. The molecule has 4 rings (SSSR count). The SMILES string of the molecule is O=C(N/N=C/c1ncc[nH]1)C1CC1(c1ccccc1)c1ccccc1. The molecule has 1 heterocycles. The van der Waals surface area contributed by atoms with Crippen LogP contribution in [0.4, 0.5) is 0 Å². The number of benzene rings is 2. The number of amides is 1. The lowest BCUT2D eigenvalue weighted by Gasteiger charge is -2.18. The van der Waals surface area contributed by atoms with Gasteiger partial charge in [0.25, 0.3) is 0 Å². The lowest BCUT2D eigenvalue weighted by atomic mass is 9.85. The summed E-state index contributed by atoms with van der Waals surface area (Å²) in [5, 5.41) is 4.01.